The number of likely N-dealkylation sites (N-methyl/N-ethyl adjacent to an activating group) is 1. The maximum absolute atomic E-state index is 12.8. The zero-order valence-electron chi connectivity index (χ0n) is 16.4. The number of pyridine rings is 1. The van der Waals surface area contributed by atoms with E-state index in [1.165, 1.54) is 10.5 Å². The van der Waals surface area contributed by atoms with E-state index in [2.05, 4.69) is 14.8 Å². The minimum Gasteiger partial charge on any atom is -0.488 e. The highest BCUT2D eigenvalue weighted by atomic mass is 35.5. The molecule has 7 nitrogen and oxygen atoms in total. The van der Waals surface area contributed by atoms with Crippen molar-refractivity contribution in [1.29, 1.82) is 0 Å². The molecule has 0 aliphatic carbocycles. The number of hydrogen-bond donors (Lipinski definition) is 0. The molecule has 0 radical (unpaired) electrons. The molecular formula is C20H25ClN4O3S. The lowest BCUT2D eigenvalue weighted by Crippen LogP contribution is -2.47. The first-order chi connectivity index (χ1) is 13.9. The SMILES string of the molecule is CN1CCN(S(=O)(=O)c2ccc(N3CCC(Oc4cccc(Cl)c4)C3)nc2)CC1. The van der Waals surface area contributed by atoms with Gasteiger partial charge in [-0.3, -0.25) is 0 Å². The minimum atomic E-state index is -3.49. The van der Waals surface area contributed by atoms with E-state index in [1.807, 2.05) is 25.2 Å². The Hall–Kier alpha value is -1.87. The van der Waals surface area contributed by atoms with Crippen LogP contribution in [0.2, 0.25) is 5.02 Å². The summed E-state index contributed by atoms with van der Waals surface area (Å²) in [6.07, 6.45) is 2.38. The summed E-state index contributed by atoms with van der Waals surface area (Å²) in [7, 11) is -1.49. The maximum atomic E-state index is 12.8. The van der Waals surface area contributed by atoms with Gasteiger partial charge in [0, 0.05) is 50.4 Å². The Morgan fingerprint density at radius 2 is 1.90 bits per heavy atom. The fourth-order valence-corrected chi connectivity index (χ4v) is 5.20. The number of halogens is 1. The Bertz CT molecular complexity index is 946. The van der Waals surface area contributed by atoms with Gasteiger partial charge in [-0.15, -0.1) is 0 Å². The number of ether oxygens (including phenoxy) is 1. The number of piperazine rings is 1. The van der Waals surface area contributed by atoms with Crippen molar-refractivity contribution in [2.75, 3.05) is 51.2 Å². The highest BCUT2D eigenvalue weighted by molar-refractivity contribution is 7.89. The minimum absolute atomic E-state index is 0.0454. The van der Waals surface area contributed by atoms with Crippen molar-refractivity contribution < 1.29 is 13.2 Å². The largest absolute Gasteiger partial charge is 0.488 e. The second-order valence-corrected chi connectivity index (χ2v) is 9.87. The summed E-state index contributed by atoms with van der Waals surface area (Å²) in [4.78, 5) is 8.91. The fraction of sp³-hybridized carbons (Fsp3) is 0.450. The lowest BCUT2D eigenvalue weighted by molar-refractivity contribution is 0.222. The number of hydrogen-bond acceptors (Lipinski definition) is 6. The van der Waals surface area contributed by atoms with Gasteiger partial charge in [-0.2, -0.15) is 4.31 Å². The molecule has 2 aliphatic heterocycles. The number of anilines is 1. The summed E-state index contributed by atoms with van der Waals surface area (Å²) in [6, 6.07) is 10.8. The van der Waals surface area contributed by atoms with Crippen molar-refractivity contribution in [3.8, 4) is 5.75 Å². The topological polar surface area (TPSA) is 66.0 Å². The van der Waals surface area contributed by atoms with Crippen molar-refractivity contribution >= 4 is 27.4 Å². The number of rotatable bonds is 5. The lowest BCUT2D eigenvalue weighted by atomic mass is 10.3. The van der Waals surface area contributed by atoms with E-state index in [4.69, 9.17) is 16.3 Å². The molecule has 2 fully saturated rings. The third-order valence-electron chi connectivity index (χ3n) is 5.39. The summed E-state index contributed by atoms with van der Waals surface area (Å²) in [5.41, 5.74) is 0. The van der Waals surface area contributed by atoms with Crippen molar-refractivity contribution in [1.82, 2.24) is 14.2 Å². The molecule has 29 heavy (non-hydrogen) atoms. The van der Waals surface area contributed by atoms with E-state index in [-0.39, 0.29) is 11.0 Å². The van der Waals surface area contributed by atoms with E-state index in [0.29, 0.717) is 24.7 Å². The van der Waals surface area contributed by atoms with E-state index >= 15 is 0 Å². The van der Waals surface area contributed by atoms with E-state index in [9.17, 15) is 8.42 Å². The average molecular weight is 437 g/mol. The van der Waals surface area contributed by atoms with Crippen LogP contribution in [0.25, 0.3) is 0 Å². The highest BCUT2D eigenvalue weighted by Gasteiger charge is 2.29. The Kier molecular flexibility index (Phi) is 5.96. The molecule has 4 rings (SSSR count). The van der Waals surface area contributed by atoms with E-state index < -0.39 is 10.0 Å². The molecule has 1 aromatic heterocycles. The molecule has 0 amide bonds. The maximum Gasteiger partial charge on any atom is 0.244 e. The van der Waals surface area contributed by atoms with Crippen LogP contribution in [0.4, 0.5) is 5.82 Å². The van der Waals surface area contributed by atoms with Crippen LogP contribution in [0, 0.1) is 0 Å². The van der Waals surface area contributed by atoms with Gasteiger partial charge in [0.25, 0.3) is 0 Å². The molecule has 156 valence electrons. The van der Waals surface area contributed by atoms with Crippen LogP contribution in [0.1, 0.15) is 6.42 Å². The van der Waals surface area contributed by atoms with Gasteiger partial charge in [0.1, 0.15) is 22.6 Å². The monoisotopic (exact) mass is 436 g/mol. The summed E-state index contributed by atoms with van der Waals surface area (Å²) in [6.45, 7) is 4.01. The molecule has 0 N–H and O–H groups in total. The molecule has 9 heteroatoms. The predicted molar refractivity (Wildman–Crippen MR) is 113 cm³/mol. The van der Waals surface area contributed by atoms with Crippen LogP contribution < -0.4 is 9.64 Å². The first-order valence-corrected chi connectivity index (χ1v) is 11.6. The van der Waals surface area contributed by atoms with Crippen molar-refractivity contribution in [2.24, 2.45) is 0 Å². The molecule has 3 heterocycles. The van der Waals surface area contributed by atoms with Crippen LogP contribution in [-0.2, 0) is 10.0 Å². The zero-order valence-corrected chi connectivity index (χ0v) is 17.9. The lowest BCUT2D eigenvalue weighted by Gasteiger charge is -2.31. The second-order valence-electron chi connectivity index (χ2n) is 7.49. The molecule has 0 bridgehead atoms. The van der Waals surface area contributed by atoms with Crippen molar-refractivity contribution in [3.05, 3.63) is 47.6 Å². The zero-order chi connectivity index (χ0) is 20.4. The third-order valence-corrected chi connectivity index (χ3v) is 7.51. The molecule has 1 unspecified atom stereocenters. The molecule has 0 spiro atoms. The summed E-state index contributed by atoms with van der Waals surface area (Å²) in [5, 5.41) is 0.649. The van der Waals surface area contributed by atoms with Gasteiger partial charge in [0.05, 0.1) is 6.54 Å². The molecule has 1 aromatic carbocycles. The number of nitrogens with zero attached hydrogens (tertiary/aromatic N) is 4. The molecule has 0 saturated carbocycles. The van der Waals surface area contributed by atoms with E-state index in [1.54, 1.807) is 18.2 Å². The fourth-order valence-electron chi connectivity index (χ4n) is 3.65. The van der Waals surface area contributed by atoms with Gasteiger partial charge in [-0.25, -0.2) is 13.4 Å². The quantitative estimate of drug-likeness (QED) is 0.716. The van der Waals surface area contributed by atoms with Crippen LogP contribution in [0.15, 0.2) is 47.5 Å². The summed E-state index contributed by atoms with van der Waals surface area (Å²) >= 11 is 6.01. The Balaban J connectivity index is 1.39. The molecule has 2 aliphatic rings. The van der Waals surface area contributed by atoms with Gasteiger partial charge in [0.2, 0.25) is 10.0 Å². The standard InChI is InChI=1S/C20H25ClN4O3S/c1-23-9-11-25(12-10-23)29(26,27)19-5-6-20(22-14-19)24-8-7-18(15-24)28-17-4-2-3-16(21)13-17/h2-6,13-14,18H,7-12,15H2,1H3. The second kappa shape index (κ2) is 8.47. The molecule has 2 aromatic rings. The normalized spacial score (nSPS) is 21.4. The van der Waals surface area contributed by atoms with Crippen LogP contribution in [0.3, 0.4) is 0 Å². The van der Waals surface area contributed by atoms with Crippen LogP contribution >= 0.6 is 11.6 Å². The smallest absolute Gasteiger partial charge is 0.244 e. The van der Waals surface area contributed by atoms with Gasteiger partial charge in [0.15, 0.2) is 0 Å². The Labute approximate surface area is 176 Å². The first-order valence-electron chi connectivity index (χ1n) is 9.74. The van der Waals surface area contributed by atoms with Gasteiger partial charge < -0.3 is 14.5 Å². The summed E-state index contributed by atoms with van der Waals surface area (Å²) < 4.78 is 33.2. The number of benzene rings is 1. The average Bonchev–Trinajstić information content (AvgIpc) is 3.17. The molecular weight excluding hydrogens is 412 g/mol. The third kappa shape index (κ3) is 4.66. The summed E-state index contributed by atoms with van der Waals surface area (Å²) in [5.74, 6) is 1.52. The van der Waals surface area contributed by atoms with Gasteiger partial charge in [-0.05, 0) is 37.4 Å². The Morgan fingerprint density at radius 1 is 1.10 bits per heavy atom. The van der Waals surface area contributed by atoms with Gasteiger partial charge in [-0.1, -0.05) is 17.7 Å². The van der Waals surface area contributed by atoms with Crippen LogP contribution in [-0.4, -0.2) is 75.0 Å². The predicted octanol–water partition coefficient (Wildman–Crippen LogP) is 2.33. The van der Waals surface area contributed by atoms with Crippen LogP contribution in [0.5, 0.6) is 5.75 Å². The number of sulfonamides is 1. The highest BCUT2D eigenvalue weighted by Crippen LogP contribution is 2.25. The molecule has 2 saturated heterocycles. The van der Waals surface area contributed by atoms with Gasteiger partial charge >= 0.3 is 0 Å². The number of aromatic nitrogens is 1. The molecule has 1 atom stereocenters. The van der Waals surface area contributed by atoms with Crippen molar-refractivity contribution in [3.63, 3.8) is 0 Å². The first kappa shape index (κ1) is 20.4. The Morgan fingerprint density at radius 3 is 2.59 bits per heavy atom. The van der Waals surface area contributed by atoms with Crippen molar-refractivity contribution in [2.45, 2.75) is 17.4 Å². The van der Waals surface area contributed by atoms with E-state index in [0.717, 1.165) is 37.6 Å².